The quantitative estimate of drug-likeness (QED) is 0.707. The van der Waals surface area contributed by atoms with Gasteiger partial charge in [-0.3, -0.25) is 0 Å². The second kappa shape index (κ2) is 6.69. The predicted octanol–water partition coefficient (Wildman–Crippen LogP) is 4.52. The molecule has 2 aliphatic rings. The first kappa shape index (κ1) is 17.3. The number of fused-ring (bicyclic) bond motifs is 3. The van der Waals surface area contributed by atoms with Crippen molar-refractivity contribution < 1.29 is 9.47 Å². The summed E-state index contributed by atoms with van der Waals surface area (Å²) in [4.78, 5) is 5.05. The number of nitrogens with zero attached hydrogens (tertiary/aromatic N) is 3. The topological polar surface area (TPSA) is 60.7 Å². The summed E-state index contributed by atoms with van der Waals surface area (Å²) < 4.78 is 13.1. The van der Waals surface area contributed by atoms with Crippen LogP contribution in [0.4, 0.5) is 5.82 Å². The van der Waals surface area contributed by atoms with Gasteiger partial charge in [0.1, 0.15) is 5.82 Å². The van der Waals surface area contributed by atoms with Crippen LogP contribution in [0, 0.1) is 6.92 Å². The molecule has 3 heterocycles. The molecule has 2 aromatic heterocycles. The summed E-state index contributed by atoms with van der Waals surface area (Å²) in [5, 5.41) is 8.67. The van der Waals surface area contributed by atoms with Crippen LogP contribution in [-0.2, 0) is 12.8 Å². The molecular formula is C22H26N4O2. The van der Waals surface area contributed by atoms with E-state index in [0.29, 0.717) is 6.04 Å². The molecule has 0 fully saturated rings. The van der Waals surface area contributed by atoms with Crippen molar-refractivity contribution in [3.8, 4) is 22.6 Å². The van der Waals surface area contributed by atoms with Crippen molar-refractivity contribution in [3.05, 3.63) is 35.2 Å². The molecule has 6 nitrogen and oxygen atoms in total. The van der Waals surface area contributed by atoms with Crippen LogP contribution in [0.2, 0.25) is 0 Å². The Morgan fingerprint density at radius 3 is 2.79 bits per heavy atom. The summed E-state index contributed by atoms with van der Waals surface area (Å²) in [5.74, 6) is 2.71. The Morgan fingerprint density at radius 2 is 1.96 bits per heavy atom. The van der Waals surface area contributed by atoms with Crippen molar-refractivity contribution in [2.24, 2.45) is 0 Å². The Morgan fingerprint density at radius 1 is 1.14 bits per heavy atom. The third-order valence-electron chi connectivity index (χ3n) is 5.95. The van der Waals surface area contributed by atoms with Gasteiger partial charge < -0.3 is 14.8 Å². The van der Waals surface area contributed by atoms with Gasteiger partial charge in [-0.25, -0.2) is 4.98 Å². The van der Waals surface area contributed by atoms with Gasteiger partial charge in [0.15, 0.2) is 17.1 Å². The lowest BCUT2D eigenvalue weighted by Gasteiger charge is -2.19. The van der Waals surface area contributed by atoms with Crippen LogP contribution in [0.25, 0.3) is 16.8 Å². The summed E-state index contributed by atoms with van der Waals surface area (Å²) in [5.41, 5.74) is 6.58. The van der Waals surface area contributed by atoms with Crippen LogP contribution in [-0.4, -0.2) is 27.4 Å². The number of nitrogens with one attached hydrogen (secondary N) is 1. The zero-order valence-corrected chi connectivity index (χ0v) is 16.7. The Kier molecular flexibility index (Phi) is 4.14. The highest BCUT2D eigenvalue weighted by atomic mass is 16.7. The number of aromatic nitrogens is 3. The minimum absolute atomic E-state index is 0.280. The maximum Gasteiger partial charge on any atom is 0.231 e. The van der Waals surface area contributed by atoms with Gasteiger partial charge in [0.05, 0.1) is 5.69 Å². The Bertz CT molecular complexity index is 1050. The zero-order valence-electron chi connectivity index (χ0n) is 16.7. The van der Waals surface area contributed by atoms with Crippen LogP contribution in [0.15, 0.2) is 18.2 Å². The number of anilines is 1. The van der Waals surface area contributed by atoms with Crippen LogP contribution in [0.1, 0.15) is 50.1 Å². The van der Waals surface area contributed by atoms with E-state index in [9.17, 15) is 0 Å². The fourth-order valence-electron chi connectivity index (χ4n) is 4.36. The van der Waals surface area contributed by atoms with Crippen molar-refractivity contribution >= 4 is 11.5 Å². The van der Waals surface area contributed by atoms with Crippen LogP contribution >= 0.6 is 0 Å². The molecule has 3 aromatic rings. The molecule has 146 valence electrons. The highest BCUT2D eigenvalue weighted by molar-refractivity contribution is 5.83. The monoisotopic (exact) mass is 378 g/mol. The largest absolute Gasteiger partial charge is 0.454 e. The number of hydrogen-bond donors (Lipinski definition) is 1. The molecular weight excluding hydrogens is 352 g/mol. The molecule has 0 saturated carbocycles. The number of aryl methyl sites for hydroxylation is 2. The molecule has 0 spiro atoms. The average Bonchev–Trinajstić information content (AvgIpc) is 3.42. The van der Waals surface area contributed by atoms with Gasteiger partial charge in [-0.2, -0.15) is 9.61 Å². The molecule has 0 unspecified atom stereocenters. The zero-order chi connectivity index (χ0) is 19.3. The summed E-state index contributed by atoms with van der Waals surface area (Å²) in [7, 11) is 0. The second-order valence-electron chi connectivity index (χ2n) is 7.66. The maximum atomic E-state index is 5.59. The molecule has 1 aliphatic heterocycles. The van der Waals surface area contributed by atoms with E-state index in [4.69, 9.17) is 19.6 Å². The van der Waals surface area contributed by atoms with Gasteiger partial charge >= 0.3 is 0 Å². The third kappa shape index (κ3) is 2.62. The fraction of sp³-hybridized carbons (Fsp3) is 0.455. The van der Waals surface area contributed by atoms with Gasteiger partial charge in [0, 0.05) is 22.9 Å². The van der Waals surface area contributed by atoms with Gasteiger partial charge in [0.25, 0.3) is 0 Å². The molecule has 1 N–H and O–H groups in total. The predicted molar refractivity (Wildman–Crippen MR) is 109 cm³/mol. The molecule has 5 rings (SSSR count). The normalized spacial score (nSPS) is 14.9. The summed E-state index contributed by atoms with van der Waals surface area (Å²) in [6, 6.07) is 6.52. The number of ether oxygens (including phenoxy) is 2. The average molecular weight is 378 g/mol. The first-order chi connectivity index (χ1) is 13.7. The van der Waals surface area contributed by atoms with Crippen LogP contribution in [0.3, 0.4) is 0 Å². The minimum atomic E-state index is 0.280. The molecule has 1 aromatic carbocycles. The van der Waals surface area contributed by atoms with Gasteiger partial charge in [-0.1, -0.05) is 19.9 Å². The SMILES string of the molecule is CCC(CC)Nc1c2c(nc3c(-c4ccc5c(c4)OCO5)c(C)nn13)CCC2. The number of rotatable bonds is 5. The first-order valence-corrected chi connectivity index (χ1v) is 10.3. The second-order valence-corrected chi connectivity index (χ2v) is 7.66. The third-order valence-corrected chi connectivity index (χ3v) is 5.95. The van der Waals surface area contributed by atoms with Crippen molar-refractivity contribution in [2.45, 2.75) is 58.9 Å². The number of hydrogen-bond acceptors (Lipinski definition) is 5. The smallest absolute Gasteiger partial charge is 0.231 e. The van der Waals surface area contributed by atoms with E-state index in [1.54, 1.807) is 0 Å². The summed E-state index contributed by atoms with van der Waals surface area (Å²) in [6.45, 7) is 6.79. The Hall–Kier alpha value is -2.76. The molecule has 0 atom stereocenters. The van der Waals surface area contributed by atoms with E-state index in [0.717, 1.165) is 71.9 Å². The Balaban J connectivity index is 1.71. The van der Waals surface area contributed by atoms with E-state index in [1.807, 2.05) is 16.6 Å². The van der Waals surface area contributed by atoms with Crippen LogP contribution in [0.5, 0.6) is 11.5 Å². The fourth-order valence-corrected chi connectivity index (χ4v) is 4.36. The van der Waals surface area contributed by atoms with Gasteiger partial charge in [0.2, 0.25) is 6.79 Å². The van der Waals surface area contributed by atoms with Crippen molar-refractivity contribution in [1.29, 1.82) is 0 Å². The lowest BCUT2D eigenvalue weighted by Crippen LogP contribution is -2.21. The molecule has 0 amide bonds. The standard InChI is InChI=1S/C22H26N4O2/c1-4-15(5-2)23-21-16-7-6-8-17(16)24-22-20(13(3)25-26(21)22)14-9-10-18-19(11-14)28-12-27-18/h9-11,15,23H,4-8,12H2,1-3H3. The number of benzene rings is 1. The molecule has 0 radical (unpaired) electrons. The molecule has 28 heavy (non-hydrogen) atoms. The molecule has 0 saturated heterocycles. The van der Waals surface area contributed by atoms with Crippen molar-refractivity contribution in [2.75, 3.05) is 12.1 Å². The summed E-state index contributed by atoms with van der Waals surface area (Å²) >= 11 is 0. The van der Waals surface area contributed by atoms with Crippen molar-refractivity contribution in [1.82, 2.24) is 14.6 Å². The lowest BCUT2D eigenvalue weighted by atomic mass is 10.1. The van der Waals surface area contributed by atoms with Crippen molar-refractivity contribution in [3.63, 3.8) is 0 Å². The highest BCUT2D eigenvalue weighted by Crippen LogP contribution is 2.39. The van der Waals surface area contributed by atoms with E-state index < -0.39 is 0 Å². The lowest BCUT2D eigenvalue weighted by molar-refractivity contribution is 0.174. The van der Waals surface area contributed by atoms with Gasteiger partial charge in [-0.15, -0.1) is 0 Å². The van der Waals surface area contributed by atoms with Gasteiger partial charge in [-0.05, 0) is 56.7 Å². The van der Waals surface area contributed by atoms with E-state index in [1.165, 1.54) is 11.3 Å². The molecule has 1 aliphatic carbocycles. The first-order valence-electron chi connectivity index (χ1n) is 10.3. The van der Waals surface area contributed by atoms with E-state index in [2.05, 4.69) is 32.2 Å². The summed E-state index contributed by atoms with van der Waals surface area (Å²) in [6.07, 6.45) is 5.44. The van der Waals surface area contributed by atoms with E-state index >= 15 is 0 Å². The van der Waals surface area contributed by atoms with Crippen LogP contribution < -0.4 is 14.8 Å². The van der Waals surface area contributed by atoms with E-state index in [-0.39, 0.29) is 6.79 Å². The molecule has 0 bridgehead atoms. The molecule has 6 heteroatoms. The Labute approximate surface area is 164 Å². The maximum absolute atomic E-state index is 5.59. The highest BCUT2D eigenvalue weighted by Gasteiger charge is 2.25. The minimum Gasteiger partial charge on any atom is -0.454 e.